The van der Waals surface area contributed by atoms with E-state index in [1.165, 1.54) is 12.1 Å². The molecule has 218 valence electrons. The summed E-state index contributed by atoms with van der Waals surface area (Å²) in [6.07, 6.45) is -2.64. The first-order valence-electron chi connectivity index (χ1n) is 14.0. The maximum absolute atomic E-state index is 13.6. The van der Waals surface area contributed by atoms with Crippen LogP contribution in [-0.4, -0.2) is 71.6 Å². The number of hydrogen-bond donors (Lipinski definition) is 0. The molecular weight excluding hydrogens is 519 g/mol. The van der Waals surface area contributed by atoms with Gasteiger partial charge in [0.2, 0.25) is 11.8 Å². The molecule has 2 aromatic carbocycles. The van der Waals surface area contributed by atoms with E-state index in [9.17, 15) is 22.8 Å². The van der Waals surface area contributed by atoms with Gasteiger partial charge in [-0.25, -0.2) is 0 Å². The maximum atomic E-state index is 13.6. The van der Waals surface area contributed by atoms with Crippen LogP contribution < -0.4 is 4.74 Å². The molecule has 0 aromatic heterocycles. The maximum Gasteiger partial charge on any atom is 0.573 e. The topological polar surface area (TPSA) is 53.1 Å². The van der Waals surface area contributed by atoms with Crippen LogP contribution in [0.25, 0.3) is 0 Å². The Bertz CT molecular complexity index is 1160. The number of piperazine rings is 1. The van der Waals surface area contributed by atoms with Gasteiger partial charge in [0.05, 0.1) is 6.04 Å². The Morgan fingerprint density at radius 3 is 2.17 bits per heavy atom. The van der Waals surface area contributed by atoms with E-state index in [0.29, 0.717) is 44.7 Å². The molecule has 2 heterocycles. The van der Waals surface area contributed by atoms with E-state index in [-0.39, 0.29) is 41.0 Å². The highest BCUT2D eigenvalue weighted by atomic mass is 19.4. The number of carbonyl (C=O) groups is 2. The quantitative estimate of drug-likeness (QED) is 0.444. The Morgan fingerprint density at radius 2 is 1.57 bits per heavy atom. The van der Waals surface area contributed by atoms with E-state index in [0.717, 1.165) is 18.4 Å². The number of ether oxygens (including phenoxy) is 1. The van der Waals surface area contributed by atoms with Crippen molar-refractivity contribution in [1.29, 1.82) is 0 Å². The average molecular weight is 560 g/mol. The SMILES string of the molecule is CC(=O)N1CCC(CC(=O)N2CCN(C(c3ccccc3)c3cccc(OC(F)(F)F)c3)C[C@@H]2C(C)(C)C)CC1. The molecule has 1 unspecified atom stereocenters. The van der Waals surface area contributed by atoms with Crippen molar-refractivity contribution in [2.75, 3.05) is 32.7 Å². The number of likely N-dealkylation sites (tertiary alicyclic amines) is 1. The molecule has 40 heavy (non-hydrogen) atoms. The number of rotatable bonds is 6. The highest BCUT2D eigenvalue weighted by Gasteiger charge is 2.41. The lowest BCUT2D eigenvalue weighted by Crippen LogP contribution is -2.60. The van der Waals surface area contributed by atoms with Gasteiger partial charge in [0, 0.05) is 52.1 Å². The van der Waals surface area contributed by atoms with Crippen LogP contribution in [0.5, 0.6) is 5.75 Å². The van der Waals surface area contributed by atoms with E-state index in [1.807, 2.05) is 46.2 Å². The molecule has 6 nitrogen and oxygen atoms in total. The van der Waals surface area contributed by atoms with Crippen LogP contribution in [0.2, 0.25) is 0 Å². The largest absolute Gasteiger partial charge is 0.573 e. The van der Waals surface area contributed by atoms with Gasteiger partial charge in [-0.3, -0.25) is 14.5 Å². The zero-order valence-electron chi connectivity index (χ0n) is 23.8. The standard InChI is InChI=1S/C31H40F3N3O3/c1-22(38)35-15-13-23(14-16-35)19-28(39)37-18-17-36(21-27(37)30(2,3)4)29(24-9-6-5-7-10-24)25-11-8-12-26(20-25)40-31(32,33)34/h5-12,20,23,27,29H,13-19,21H2,1-4H3/t27-,29?/m1/s1. The minimum atomic E-state index is -4.77. The van der Waals surface area contributed by atoms with Gasteiger partial charge in [-0.1, -0.05) is 63.2 Å². The molecule has 4 rings (SSSR count). The first kappa shape index (κ1) is 29.9. The number of amides is 2. The van der Waals surface area contributed by atoms with Crippen LogP contribution in [0.3, 0.4) is 0 Å². The van der Waals surface area contributed by atoms with Crippen molar-refractivity contribution in [3.8, 4) is 5.75 Å². The Kier molecular flexibility index (Phi) is 9.12. The van der Waals surface area contributed by atoms with E-state index in [4.69, 9.17) is 0 Å². The molecule has 9 heteroatoms. The van der Waals surface area contributed by atoms with Crippen molar-refractivity contribution in [3.63, 3.8) is 0 Å². The van der Waals surface area contributed by atoms with E-state index < -0.39 is 6.36 Å². The molecule has 2 aromatic rings. The first-order chi connectivity index (χ1) is 18.8. The molecule has 0 N–H and O–H groups in total. The second kappa shape index (κ2) is 12.2. The number of nitrogens with zero attached hydrogens (tertiary/aromatic N) is 3. The third kappa shape index (κ3) is 7.56. The van der Waals surface area contributed by atoms with E-state index in [1.54, 1.807) is 13.0 Å². The summed E-state index contributed by atoms with van der Waals surface area (Å²) in [4.78, 5) is 31.5. The monoisotopic (exact) mass is 559 g/mol. The minimum Gasteiger partial charge on any atom is -0.406 e. The Labute approximate surface area is 235 Å². The van der Waals surface area contributed by atoms with Gasteiger partial charge in [0.25, 0.3) is 0 Å². The second-order valence-electron chi connectivity index (χ2n) is 12.1. The van der Waals surface area contributed by atoms with Gasteiger partial charge in [-0.05, 0) is 47.4 Å². The number of carbonyl (C=O) groups excluding carboxylic acids is 2. The Balaban J connectivity index is 1.55. The first-order valence-corrected chi connectivity index (χ1v) is 14.0. The number of hydrogen-bond acceptors (Lipinski definition) is 4. The molecule has 2 atom stereocenters. The molecule has 2 amide bonds. The summed E-state index contributed by atoms with van der Waals surface area (Å²) >= 11 is 0. The normalized spacial score (nSPS) is 20.3. The van der Waals surface area contributed by atoms with Crippen LogP contribution in [0.4, 0.5) is 13.2 Å². The molecule has 0 aliphatic carbocycles. The lowest BCUT2D eigenvalue weighted by molar-refractivity contribution is -0.274. The number of piperidine rings is 1. The van der Waals surface area contributed by atoms with Crippen molar-refractivity contribution < 1.29 is 27.5 Å². The molecule has 2 aliphatic rings. The van der Waals surface area contributed by atoms with Crippen molar-refractivity contribution in [2.24, 2.45) is 11.3 Å². The summed E-state index contributed by atoms with van der Waals surface area (Å²) in [6.45, 7) is 11.1. The lowest BCUT2D eigenvalue weighted by Gasteiger charge is -2.50. The molecule has 2 fully saturated rings. The summed E-state index contributed by atoms with van der Waals surface area (Å²) in [5, 5.41) is 0. The van der Waals surface area contributed by atoms with Gasteiger partial charge in [0.1, 0.15) is 5.75 Å². The molecule has 0 radical (unpaired) electrons. The summed E-state index contributed by atoms with van der Waals surface area (Å²) in [5.41, 5.74) is 1.46. The fraction of sp³-hybridized carbons (Fsp3) is 0.548. The van der Waals surface area contributed by atoms with Crippen molar-refractivity contribution >= 4 is 11.8 Å². The third-order valence-corrected chi connectivity index (χ3v) is 8.14. The molecule has 0 bridgehead atoms. The molecule has 0 saturated carbocycles. The van der Waals surface area contributed by atoms with E-state index in [2.05, 4.69) is 30.4 Å². The fourth-order valence-corrected chi connectivity index (χ4v) is 6.03. The van der Waals surface area contributed by atoms with Gasteiger partial charge < -0.3 is 14.5 Å². The average Bonchev–Trinajstić information content (AvgIpc) is 2.88. The summed E-state index contributed by atoms with van der Waals surface area (Å²) in [6, 6.07) is 15.6. The fourth-order valence-electron chi connectivity index (χ4n) is 6.03. The van der Waals surface area contributed by atoms with Crippen LogP contribution >= 0.6 is 0 Å². The summed E-state index contributed by atoms with van der Waals surface area (Å²) < 4.78 is 43.2. The molecular formula is C31H40F3N3O3. The Hall–Kier alpha value is -3.07. The van der Waals surface area contributed by atoms with Gasteiger partial charge >= 0.3 is 6.36 Å². The predicted molar refractivity (Wildman–Crippen MR) is 148 cm³/mol. The van der Waals surface area contributed by atoms with Crippen LogP contribution in [0.1, 0.15) is 64.1 Å². The zero-order chi connectivity index (χ0) is 29.1. The highest BCUT2D eigenvalue weighted by molar-refractivity contribution is 5.77. The third-order valence-electron chi connectivity index (χ3n) is 8.14. The van der Waals surface area contributed by atoms with Crippen LogP contribution in [0, 0.1) is 11.3 Å². The second-order valence-corrected chi connectivity index (χ2v) is 12.1. The summed E-state index contributed by atoms with van der Waals surface area (Å²) in [7, 11) is 0. The number of benzene rings is 2. The lowest BCUT2D eigenvalue weighted by atomic mass is 9.82. The predicted octanol–water partition coefficient (Wildman–Crippen LogP) is 5.88. The molecule has 0 spiro atoms. The Morgan fingerprint density at radius 1 is 0.925 bits per heavy atom. The van der Waals surface area contributed by atoms with Gasteiger partial charge in [0.15, 0.2) is 0 Å². The van der Waals surface area contributed by atoms with Gasteiger partial charge in [-0.15, -0.1) is 13.2 Å². The molecule has 2 aliphatic heterocycles. The van der Waals surface area contributed by atoms with Crippen molar-refractivity contribution in [3.05, 3.63) is 65.7 Å². The highest BCUT2D eigenvalue weighted by Crippen LogP contribution is 2.37. The van der Waals surface area contributed by atoms with E-state index >= 15 is 0 Å². The molecule has 2 saturated heterocycles. The number of alkyl halides is 3. The van der Waals surface area contributed by atoms with Crippen LogP contribution in [0.15, 0.2) is 54.6 Å². The zero-order valence-corrected chi connectivity index (χ0v) is 23.8. The van der Waals surface area contributed by atoms with Crippen molar-refractivity contribution in [2.45, 2.75) is 65.4 Å². The number of halogens is 3. The van der Waals surface area contributed by atoms with Crippen LogP contribution in [-0.2, 0) is 9.59 Å². The van der Waals surface area contributed by atoms with Crippen molar-refractivity contribution in [1.82, 2.24) is 14.7 Å². The summed E-state index contributed by atoms with van der Waals surface area (Å²) in [5.74, 6) is 0.230. The minimum absolute atomic E-state index is 0.0770. The van der Waals surface area contributed by atoms with Gasteiger partial charge in [-0.2, -0.15) is 0 Å². The smallest absolute Gasteiger partial charge is 0.406 e.